The van der Waals surface area contributed by atoms with Crippen molar-refractivity contribution in [1.29, 1.82) is 0 Å². The summed E-state index contributed by atoms with van der Waals surface area (Å²) in [5.74, 6) is -0.689. The summed E-state index contributed by atoms with van der Waals surface area (Å²) in [6.45, 7) is 0. The summed E-state index contributed by atoms with van der Waals surface area (Å²) < 4.78 is 28.6. The van der Waals surface area contributed by atoms with Crippen LogP contribution in [0.1, 0.15) is 0 Å². The number of anilines is 1. The van der Waals surface area contributed by atoms with E-state index in [2.05, 4.69) is 31.5 Å². The highest BCUT2D eigenvalue weighted by atomic mass is 79.9. The second-order valence-corrected chi connectivity index (χ2v) is 5.10. The molecule has 106 valence electrons. The quantitative estimate of drug-likeness (QED) is 0.720. The van der Waals surface area contributed by atoms with Crippen molar-refractivity contribution in [2.24, 2.45) is 0 Å². The largest absolute Gasteiger partial charge is 0.398 e. The summed E-state index contributed by atoms with van der Waals surface area (Å²) in [7, 11) is 0. The van der Waals surface area contributed by atoms with Gasteiger partial charge in [-0.2, -0.15) is 4.68 Å². The average Bonchev–Trinajstić information content (AvgIpc) is 2.93. The molecule has 5 nitrogen and oxygen atoms in total. The number of nitrogens with zero attached hydrogens (tertiary/aromatic N) is 4. The lowest BCUT2D eigenvalue weighted by molar-refractivity contribution is 0.618. The van der Waals surface area contributed by atoms with Crippen LogP contribution in [0.3, 0.4) is 0 Å². The van der Waals surface area contributed by atoms with Gasteiger partial charge in [0.2, 0.25) is 0 Å². The summed E-state index contributed by atoms with van der Waals surface area (Å²) >= 11 is 3.07. The van der Waals surface area contributed by atoms with Crippen LogP contribution in [-0.2, 0) is 0 Å². The Balaban J connectivity index is 2.17. The van der Waals surface area contributed by atoms with Gasteiger partial charge in [-0.15, -0.1) is 5.10 Å². The number of hydrogen-bond donors (Lipinski definition) is 1. The number of aromatic nitrogens is 4. The molecule has 1 heterocycles. The second kappa shape index (κ2) is 5.21. The predicted octanol–water partition coefficient (Wildman–Crippen LogP) is 2.95. The molecule has 0 aliphatic rings. The zero-order valence-electron chi connectivity index (χ0n) is 10.5. The monoisotopic (exact) mass is 351 g/mol. The van der Waals surface area contributed by atoms with Gasteiger partial charge in [0, 0.05) is 17.3 Å². The van der Waals surface area contributed by atoms with Crippen molar-refractivity contribution >= 4 is 21.6 Å². The fraction of sp³-hybridized carbons (Fsp3) is 0. The Kier molecular flexibility index (Phi) is 3.38. The molecular formula is C13H8BrF2N5. The van der Waals surface area contributed by atoms with Crippen LogP contribution in [0.4, 0.5) is 14.5 Å². The zero-order valence-corrected chi connectivity index (χ0v) is 12.1. The summed E-state index contributed by atoms with van der Waals surface area (Å²) in [6.07, 6.45) is 0. The zero-order chi connectivity index (χ0) is 15.0. The first kappa shape index (κ1) is 13.6. The lowest BCUT2D eigenvalue weighted by Gasteiger charge is -2.07. The van der Waals surface area contributed by atoms with Gasteiger partial charge in [-0.05, 0) is 56.7 Å². The van der Waals surface area contributed by atoms with E-state index in [1.165, 1.54) is 35.0 Å². The molecule has 0 amide bonds. The summed E-state index contributed by atoms with van der Waals surface area (Å²) in [6, 6.07) is 8.32. The van der Waals surface area contributed by atoms with E-state index in [4.69, 9.17) is 5.73 Å². The van der Waals surface area contributed by atoms with Gasteiger partial charge < -0.3 is 5.73 Å². The molecule has 0 aliphatic heterocycles. The van der Waals surface area contributed by atoms with Crippen LogP contribution in [0.5, 0.6) is 0 Å². The SMILES string of the molecule is Nc1ccc(F)cc1-c1nnnn1-c1ccc(Br)c(F)c1. The predicted molar refractivity (Wildman–Crippen MR) is 76.6 cm³/mol. The molecule has 0 radical (unpaired) electrons. The van der Waals surface area contributed by atoms with Gasteiger partial charge in [-0.25, -0.2) is 8.78 Å². The van der Waals surface area contributed by atoms with Gasteiger partial charge in [-0.3, -0.25) is 0 Å². The van der Waals surface area contributed by atoms with Crippen molar-refractivity contribution in [2.75, 3.05) is 5.73 Å². The maximum absolute atomic E-state index is 13.6. The molecule has 0 fully saturated rings. The Labute approximate surface area is 126 Å². The molecule has 0 bridgehead atoms. The van der Waals surface area contributed by atoms with E-state index in [1.807, 2.05) is 0 Å². The first-order valence-corrected chi connectivity index (χ1v) is 6.65. The minimum absolute atomic E-state index is 0.230. The molecule has 2 N–H and O–H groups in total. The van der Waals surface area contributed by atoms with E-state index in [1.54, 1.807) is 6.07 Å². The highest BCUT2D eigenvalue weighted by molar-refractivity contribution is 9.10. The molecule has 0 atom stereocenters. The first-order chi connectivity index (χ1) is 10.1. The van der Waals surface area contributed by atoms with E-state index in [0.29, 0.717) is 21.4 Å². The van der Waals surface area contributed by atoms with Crippen LogP contribution in [-0.4, -0.2) is 20.2 Å². The highest BCUT2D eigenvalue weighted by Crippen LogP contribution is 2.27. The van der Waals surface area contributed by atoms with Crippen molar-refractivity contribution < 1.29 is 8.78 Å². The molecule has 0 spiro atoms. The minimum atomic E-state index is -0.462. The van der Waals surface area contributed by atoms with Gasteiger partial charge in [0.25, 0.3) is 0 Å². The molecule has 2 aromatic carbocycles. The van der Waals surface area contributed by atoms with E-state index in [9.17, 15) is 8.78 Å². The molecule has 0 aliphatic carbocycles. The van der Waals surface area contributed by atoms with E-state index in [0.717, 1.165) is 0 Å². The Bertz CT molecular complexity index is 818. The van der Waals surface area contributed by atoms with Crippen molar-refractivity contribution in [3.8, 4) is 17.1 Å². The lowest BCUT2D eigenvalue weighted by Crippen LogP contribution is -2.02. The first-order valence-electron chi connectivity index (χ1n) is 5.85. The number of nitrogens with two attached hydrogens (primary N) is 1. The topological polar surface area (TPSA) is 69.6 Å². The van der Waals surface area contributed by atoms with Gasteiger partial charge in [0.1, 0.15) is 11.6 Å². The second-order valence-electron chi connectivity index (χ2n) is 4.24. The Morgan fingerprint density at radius 2 is 1.90 bits per heavy atom. The smallest absolute Gasteiger partial charge is 0.189 e. The number of nitrogen functional groups attached to an aromatic ring is 1. The number of benzene rings is 2. The van der Waals surface area contributed by atoms with Crippen LogP contribution >= 0.6 is 15.9 Å². The third-order valence-electron chi connectivity index (χ3n) is 2.87. The summed E-state index contributed by atoms with van der Waals surface area (Å²) in [5.41, 5.74) is 6.89. The van der Waals surface area contributed by atoms with E-state index >= 15 is 0 Å². The summed E-state index contributed by atoms with van der Waals surface area (Å²) in [5, 5.41) is 11.2. The number of tetrazole rings is 1. The van der Waals surface area contributed by atoms with Gasteiger partial charge in [0.15, 0.2) is 5.82 Å². The molecule has 0 saturated carbocycles. The molecule has 0 saturated heterocycles. The number of rotatable bonds is 2. The molecule has 3 aromatic rings. The Morgan fingerprint density at radius 3 is 2.67 bits per heavy atom. The van der Waals surface area contributed by atoms with Crippen molar-refractivity contribution in [2.45, 2.75) is 0 Å². The van der Waals surface area contributed by atoms with Crippen LogP contribution in [0.25, 0.3) is 17.1 Å². The van der Waals surface area contributed by atoms with Crippen LogP contribution < -0.4 is 5.73 Å². The fourth-order valence-electron chi connectivity index (χ4n) is 1.87. The van der Waals surface area contributed by atoms with Crippen LogP contribution in [0.15, 0.2) is 40.9 Å². The third kappa shape index (κ3) is 2.49. The molecule has 1 aromatic heterocycles. The molecule has 3 rings (SSSR count). The van der Waals surface area contributed by atoms with Gasteiger partial charge >= 0.3 is 0 Å². The molecule has 21 heavy (non-hydrogen) atoms. The Morgan fingerprint density at radius 1 is 1.10 bits per heavy atom. The van der Waals surface area contributed by atoms with Crippen LogP contribution in [0.2, 0.25) is 0 Å². The molecule has 8 heteroatoms. The number of halogens is 3. The molecule has 0 unspecified atom stereocenters. The van der Waals surface area contributed by atoms with Crippen molar-refractivity contribution in [3.63, 3.8) is 0 Å². The third-order valence-corrected chi connectivity index (χ3v) is 3.52. The molecular weight excluding hydrogens is 344 g/mol. The van der Waals surface area contributed by atoms with Crippen LogP contribution in [0, 0.1) is 11.6 Å². The average molecular weight is 352 g/mol. The van der Waals surface area contributed by atoms with E-state index < -0.39 is 11.6 Å². The maximum Gasteiger partial charge on any atom is 0.189 e. The highest BCUT2D eigenvalue weighted by Gasteiger charge is 2.15. The van der Waals surface area contributed by atoms with E-state index in [-0.39, 0.29) is 5.82 Å². The maximum atomic E-state index is 13.6. The fourth-order valence-corrected chi connectivity index (χ4v) is 2.11. The number of hydrogen-bond acceptors (Lipinski definition) is 4. The summed E-state index contributed by atoms with van der Waals surface area (Å²) in [4.78, 5) is 0. The normalized spacial score (nSPS) is 10.8. The van der Waals surface area contributed by atoms with Gasteiger partial charge in [-0.1, -0.05) is 0 Å². The minimum Gasteiger partial charge on any atom is -0.398 e. The van der Waals surface area contributed by atoms with Crippen molar-refractivity contribution in [1.82, 2.24) is 20.2 Å². The Hall–Kier alpha value is -2.35. The van der Waals surface area contributed by atoms with Gasteiger partial charge in [0.05, 0.1) is 10.2 Å². The lowest BCUT2D eigenvalue weighted by atomic mass is 10.1. The standard InChI is InChI=1S/C13H8BrF2N5/c14-10-3-2-8(6-11(10)16)21-13(18-19-20-21)9-5-7(15)1-4-12(9)17/h1-6H,17H2. The van der Waals surface area contributed by atoms with Crippen molar-refractivity contribution in [3.05, 3.63) is 52.5 Å².